The third-order valence-corrected chi connectivity index (χ3v) is 6.74. The summed E-state index contributed by atoms with van der Waals surface area (Å²) in [5.41, 5.74) is 9.73. The Labute approximate surface area is 224 Å². The van der Waals surface area contributed by atoms with Gasteiger partial charge in [0.05, 0.1) is 16.9 Å². The van der Waals surface area contributed by atoms with E-state index in [0.29, 0.717) is 0 Å². The first-order valence-corrected chi connectivity index (χ1v) is 11.7. The van der Waals surface area contributed by atoms with Crippen molar-refractivity contribution < 1.29 is 34.4 Å². The van der Waals surface area contributed by atoms with Crippen LogP contribution in [-0.4, -0.2) is 15.9 Å². The molecule has 0 unspecified atom stereocenters. The molecular weight excluding hydrogens is 627 g/mol. The number of benzene rings is 3. The number of hydrogen-bond acceptors (Lipinski definition) is 4. The molecule has 0 spiro atoms. The third-order valence-electron chi connectivity index (χ3n) is 6.74. The van der Waals surface area contributed by atoms with E-state index in [-0.39, 0.29) is 37.1 Å². The topological polar surface area (TPSA) is 63.3 Å². The summed E-state index contributed by atoms with van der Waals surface area (Å²) in [6.45, 7) is 11.7. The number of rotatable bonds is 1. The Hall–Kier alpha value is -3.27. The molecule has 0 saturated heterocycles. The van der Waals surface area contributed by atoms with Crippen LogP contribution in [0, 0.1) is 19.9 Å². The molecule has 5 aromatic rings. The molecule has 0 aliphatic heterocycles. The van der Waals surface area contributed by atoms with E-state index >= 15 is 0 Å². The number of aromatic nitrogens is 1. The van der Waals surface area contributed by atoms with Crippen LogP contribution >= 0.6 is 0 Å². The molecule has 0 fully saturated rings. The Morgan fingerprint density at radius 3 is 2.44 bits per heavy atom. The Morgan fingerprint density at radius 1 is 1.03 bits per heavy atom. The summed E-state index contributed by atoms with van der Waals surface area (Å²) in [5.74, 6) is -0.0625. The zero-order valence-corrected chi connectivity index (χ0v) is 23.6. The van der Waals surface area contributed by atoms with Crippen LogP contribution < -0.4 is 0 Å². The van der Waals surface area contributed by atoms with Gasteiger partial charge in [-0.3, -0.25) is 9.78 Å². The first kappa shape index (κ1) is 25.8. The molecule has 1 N–H and O–H groups in total. The quantitative estimate of drug-likeness (QED) is 0.113. The number of nitrogens with zero attached hydrogens (tertiary/aromatic N) is 1. The van der Waals surface area contributed by atoms with Crippen molar-refractivity contribution >= 4 is 38.6 Å². The Balaban J connectivity index is 0.000000338. The maximum atomic E-state index is 10.0. The van der Waals surface area contributed by atoms with E-state index < -0.39 is 0 Å². The van der Waals surface area contributed by atoms with E-state index in [2.05, 4.69) is 70.2 Å². The van der Waals surface area contributed by atoms with Crippen molar-refractivity contribution in [2.45, 2.75) is 47.0 Å². The second kappa shape index (κ2) is 9.31. The van der Waals surface area contributed by atoms with Crippen molar-refractivity contribution in [3.63, 3.8) is 0 Å². The molecule has 5 heteroatoms. The molecule has 1 radical (unpaired) electrons. The number of fused-ring (bicyclic) bond motifs is 3. The van der Waals surface area contributed by atoms with E-state index in [1.54, 1.807) is 0 Å². The van der Waals surface area contributed by atoms with Gasteiger partial charge >= 0.3 is 0 Å². The van der Waals surface area contributed by atoms with Crippen LogP contribution in [0.5, 0.6) is 0 Å². The van der Waals surface area contributed by atoms with E-state index in [4.69, 9.17) is 14.5 Å². The number of pyridine rings is 1. The summed E-state index contributed by atoms with van der Waals surface area (Å²) in [7, 11) is 0. The molecule has 36 heavy (non-hydrogen) atoms. The number of furan rings is 1. The molecule has 2 heterocycles. The SMILES string of the molecule is CC(=O)/C=C(/C)O.Cc1ccc2nc3c(cc2c1)C(C)(C)c1ccc(C)c2oc4cc[c-]c-3c4c12.[Ir]. The van der Waals surface area contributed by atoms with Crippen LogP contribution in [-0.2, 0) is 30.3 Å². The van der Waals surface area contributed by atoms with Crippen molar-refractivity contribution in [1.82, 2.24) is 4.98 Å². The average molecular weight is 655 g/mol. The number of carbonyl (C=O) groups excluding carboxylic acids is 1. The zero-order valence-electron chi connectivity index (χ0n) is 21.2. The van der Waals surface area contributed by atoms with Crippen molar-refractivity contribution in [3.8, 4) is 11.3 Å². The van der Waals surface area contributed by atoms with E-state index in [9.17, 15) is 4.79 Å². The molecule has 4 nitrogen and oxygen atoms in total. The van der Waals surface area contributed by atoms with Crippen molar-refractivity contribution in [3.05, 3.63) is 88.7 Å². The Bertz CT molecular complexity index is 1690. The van der Waals surface area contributed by atoms with Crippen molar-refractivity contribution in [1.29, 1.82) is 0 Å². The molecular formula is C31H28IrNO3-. The van der Waals surface area contributed by atoms with Crippen molar-refractivity contribution in [2.75, 3.05) is 0 Å². The van der Waals surface area contributed by atoms with Gasteiger partial charge in [-0.15, -0.1) is 17.7 Å². The van der Waals surface area contributed by atoms with Gasteiger partial charge in [0.25, 0.3) is 0 Å². The third kappa shape index (κ3) is 4.17. The minimum absolute atomic E-state index is 0. The van der Waals surface area contributed by atoms with Crippen LogP contribution in [0.2, 0.25) is 0 Å². The van der Waals surface area contributed by atoms with Crippen LogP contribution in [0.1, 0.15) is 49.9 Å². The fourth-order valence-corrected chi connectivity index (χ4v) is 5.10. The molecule has 2 aromatic heterocycles. The standard InChI is InChI=1S/C26H20NO.C5H8O2.Ir/c1-14-8-11-20-16(12-14)13-19-24(27-20)17-6-5-7-21-22(17)23-18(26(19,3)4)10-9-15(2)25(23)28-21;1-4(6)3-5(2)7;/h5,7-13H,1-4H3;3,6H,1-2H3;/q-1;;/b;4-3-;. The maximum absolute atomic E-state index is 10.0. The van der Waals surface area contributed by atoms with Gasteiger partial charge in [0.15, 0.2) is 5.78 Å². The Kier molecular flexibility index (Phi) is 6.68. The molecule has 0 saturated carbocycles. The second-order valence-electron chi connectivity index (χ2n) is 9.93. The van der Waals surface area contributed by atoms with Gasteiger partial charge in [-0.05, 0) is 67.4 Å². The largest absolute Gasteiger partial charge is 0.512 e. The monoisotopic (exact) mass is 655 g/mol. The number of carbonyl (C=O) groups is 1. The average Bonchev–Trinajstić information content (AvgIpc) is 3.15. The molecule has 0 amide bonds. The van der Waals surface area contributed by atoms with E-state index in [0.717, 1.165) is 38.9 Å². The summed E-state index contributed by atoms with van der Waals surface area (Å²) < 4.78 is 6.30. The van der Waals surface area contributed by atoms with Gasteiger partial charge in [-0.1, -0.05) is 60.7 Å². The first-order chi connectivity index (χ1) is 16.6. The number of allylic oxidation sites excluding steroid dienone is 2. The van der Waals surface area contributed by atoms with E-state index in [1.165, 1.54) is 47.4 Å². The molecule has 6 rings (SSSR count). The van der Waals surface area contributed by atoms with Crippen LogP contribution in [0.3, 0.4) is 0 Å². The maximum Gasteiger partial charge on any atom is 0.155 e. The number of aryl methyl sites for hydroxylation is 2. The van der Waals surface area contributed by atoms with Gasteiger partial charge in [0, 0.05) is 31.6 Å². The minimum atomic E-state index is -0.199. The normalized spacial score (nSPS) is 13.7. The van der Waals surface area contributed by atoms with Crippen LogP contribution in [0.15, 0.2) is 64.8 Å². The first-order valence-electron chi connectivity index (χ1n) is 11.7. The van der Waals surface area contributed by atoms with Gasteiger partial charge < -0.3 is 9.52 Å². The fourth-order valence-electron chi connectivity index (χ4n) is 5.10. The summed E-state index contributed by atoms with van der Waals surface area (Å²) >= 11 is 0. The predicted molar refractivity (Wildman–Crippen MR) is 142 cm³/mol. The minimum Gasteiger partial charge on any atom is -0.512 e. The summed E-state index contributed by atoms with van der Waals surface area (Å²) in [6, 6.07) is 20.7. The fraction of sp³-hybridized carbons (Fsp3) is 0.226. The molecule has 3 aromatic carbocycles. The van der Waals surface area contributed by atoms with E-state index in [1.807, 2.05) is 12.1 Å². The van der Waals surface area contributed by atoms with Gasteiger partial charge in [0.1, 0.15) is 5.58 Å². The van der Waals surface area contributed by atoms with Gasteiger partial charge in [-0.25, -0.2) is 0 Å². The number of ketones is 1. The summed E-state index contributed by atoms with van der Waals surface area (Å²) in [4.78, 5) is 15.2. The number of aliphatic hydroxyl groups is 1. The molecule has 1 aliphatic rings. The summed E-state index contributed by atoms with van der Waals surface area (Å²) in [5, 5.41) is 11.9. The zero-order chi connectivity index (χ0) is 25.1. The summed E-state index contributed by atoms with van der Waals surface area (Å²) in [6.07, 6.45) is 1.17. The second-order valence-corrected chi connectivity index (χ2v) is 9.93. The number of aliphatic hydroxyl groups excluding tert-OH is 1. The van der Waals surface area contributed by atoms with Crippen molar-refractivity contribution in [2.24, 2.45) is 0 Å². The smallest absolute Gasteiger partial charge is 0.155 e. The Morgan fingerprint density at radius 2 is 1.78 bits per heavy atom. The molecule has 0 bridgehead atoms. The molecule has 0 atom stereocenters. The predicted octanol–water partition coefficient (Wildman–Crippen LogP) is 7.89. The van der Waals surface area contributed by atoms with Crippen LogP contribution in [0.25, 0.3) is 44.1 Å². The van der Waals surface area contributed by atoms with Gasteiger partial charge in [-0.2, -0.15) is 0 Å². The molecule has 1 aliphatic carbocycles. The molecule has 185 valence electrons. The number of hydrogen-bond donors (Lipinski definition) is 1. The van der Waals surface area contributed by atoms with Crippen LogP contribution in [0.4, 0.5) is 0 Å². The van der Waals surface area contributed by atoms with Gasteiger partial charge in [0.2, 0.25) is 0 Å².